The average Bonchev–Trinajstić information content (AvgIpc) is 2.35. The Bertz CT molecular complexity index is 217. The van der Waals surface area contributed by atoms with E-state index in [4.69, 9.17) is 0 Å². The summed E-state index contributed by atoms with van der Waals surface area (Å²) in [5, 5.41) is 3.42. The monoisotopic (exact) mass is 291 g/mol. The van der Waals surface area contributed by atoms with Crippen LogP contribution in [-0.2, 0) is 9.53 Å². The number of carbonyl (C=O) groups is 1. The van der Waals surface area contributed by atoms with Crippen molar-refractivity contribution in [3.63, 3.8) is 0 Å². The maximum absolute atomic E-state index is 11.2. The second kappa shape index (κ2) is 7.28. The number of nitrogens with one attached hydrogen (secondary N) is 1. The van der Waals surface area contributed by atoms with E-state index in [0.717, 1.165) is 5.92 Å². The number of rotatable bonds is 5. The van der Waals surface area contributed by atoms with E-state index in [1.54, 1.807) is 0 Å². The number of hydrogen-bond acceptors (Lipinski definition) is 3. The predicted octanol–water partition coefficient (Wildman–Crippen LogP) is 2.48. The molecule has 1 fully saturated rings. The molecule has 0 aromatic carbocycles. The summed E-state index contributed by atoms with van der Waals surface area (Å²) in [7, 11) is 1.42. The van der Waals surface area contributed by atoms with Gasteiger partial charge in [-0.3, -0.25) is 4.79 Å². The largest absolute Gasteiger partial charge is 0.468 e. The van der Waals surface area contributed by atoms with Gasteiger partial charge >= 0.3 is 5.97 Å². The fourth-order valence-corrected chi connectivity index (χ4v) is 2.68. The van der Waals surface area contributed by atoms with Gasteiger partial charge in [-0.15, -0.1) is 0 Å². The van der Waals surface area contributed by atoms with Gasteiger partial charge in [0.05, 0.1) is 7.11 Å². The van der Waals surface area contributed by atoms with Crippen molar-refractivity contribution in [2.45, 2.75) is 49.9 Å². The molecule has 1 aliphatic carbocycles. The van der Waals surface area contributed by atoms with Crippen molar-refractivity contribution in [1.29, 1.82) is 0 Å². The van der Waals surface area contributed by atoms with E-state index in [9.17, 15) is 4.79 Å². The molecule has 16 heavy (non-hydrogen) atoms. The summed E-state index contributed by atoms with van der Waals surface area (Å²) in [4.78, 5) is 11.0. The van der Waals surface area contributed by atoms with E-state index >= 15 is 0 Å². The second-order valence-corrected chi connectivity index (χ2v) is 5.69. The summed E-state index contributed by atoms with van der Waals surface area (Å²) in [6.07, 6.45) is 6.72. The summed E-state index contributed by atoms with van der Waals surface area (Å²) < 4.78 is 4.66. The van der Waals surface area contributed by atoms with Gasteiger partial charge in [0, 0.05) is 12.6 Å². The predicted molar refractivity (Wildman–Crippen MR) is 68.8 cm³/mol. The first kappa shape index (κ1) is 14.0. The molecule has 0 aliphatic heterocycles. The van der Waals surface area contributed by atoms with Crippen molar-refractivity contribution in [2.75, 3.05) is 13.7 Å². The SMILES string of the molecule is COC(=O)C(Br)CN[C@H](C)C1CCCCC1. The van der Waals surface area contributed by atoms with Gasteiger partial charge in [0.1, 0.15) is 4.83 Å². The zero-order valence-corrected chi connectivity index (χ0v) is 11.8. The van der Waals surface area contributed by atoms with Crippen molar-refractivity contribution < 1.29 is 9.53 Å². The zero-order valence-electron chi connectivity index (χ0n) is 10.2. The molecule has 0 aromatic heterocycles. The zero-order chi connectivity index (χ0) is 12.0. The van der Waals surface area contributed by atoms with Gasteiger partial charge in [-0.1, -0.05) is 35.2 Å². The molecule has 4 heteroatoms. The standard InChI is InChI=1S/C12H22BrNO2/c1-9(10-6-4-3-5-7-10)14-8-11(13)12(15)16-2/h9-11,14H,3-8H2,1-2H3/t9-,11?/m1/s1. The van der Waals surface area contributed by atoms with Gasteiger partial charge in [0.15, 0.2) is 0 Å². The number of carbonyl (C=O) groups excluding carboxylic acids is 1. The summed E-state index contributed by atoms with van der Waals surface area (Å²) in [5.41, 5.74) is 0. The number of alkyl halides is 1. The van der Waals surface area contributed by atoms with Gasteiger partial charge in [0.25, 0.3) is 0 Å². The number of ether oxygens (including phenoxy) is 1. The van der Waals surface area contributed by atoms with Crippen molar-refractivity contribution in [3.8, 4) is 0 Å². The molecule has 1 rings (SSSR count). The molecular weight excluding hydrogens is 270 g/mol. The molecular formula is C12H22BrNO2. The Hall–Kier alpha value is -0.0900. The minimum atomic E-state index is -0.233. The van der Waals surface area contributed by atoms with Crippen LogP contribution in [0.3, 0.4) is 0 Å². The molecule has 94 valence electrons. The molecule has 0 spiro atoms. The highest BCUT2D eigenvalue weighted by atomic mass is 79.9. The molecule has 0 bridgehead atoms. The van der Waals surface area contributed by atoms with Crippen LogP contribution < -0.4 is 5.32 Å². The van der Waals surface area contributed by atoms with Crippen molar-refractivity contribution >= 4 is 21.9 Å². The second-order valence-electron chi connectivity index (χ2n) is 4.59. The number of esters is 1. The lowest BCUT2D eigenvalue weighted by Crippen LogP contribution is -2.40. The van der Waals surface area contributed by atoms with Crippen LogP contribution in [0.2, 0.25) is 0 Å². The molecule has 1 N–H and O–H groups in total. The molecule has 1 aliphatic rings. The van der Waals surface area contributed by atoms with Crippen LogP contribution in [0.1, 0.15) is 39.0 Å². The molecule has 0 saturated heterocycles. The lowest BCUT2D eigenvalue weighted by atomic mass is 9.84. The Morgan fingerprint density at radius 2 is 2.06 bits per heavy atom. The third kappa shape index (κ3) is 4.42. The van der Waals surface area contributed by atoms with E-state index in [0.29, 0.717) is 12.6 Å². The fourth-order valence-electron chi connectivity index (χ4n) is 2.30. The Labute approximate surface area is 106 Å². The summed E-state index contributed by atoms with van der Waals surface area (Å²) >= 11 is 3.32. The summed E-state index contributed by atoms with van der Waals surface area (Å²) in [6, 6.07) is 0.491. The van der Waals surface area contributed by atoms with Gasteiger partial charge in [-0.2, -0.15) is 0 Å². The highest BCUT2D eigenvalue weighted by Gasteiger charge is 2.22. The van der Waals surface area contributed by atoms with Crippen LogP contribution in [0.4, 0.5) is 0 Å². The Morgan fingerprint density at radius 3 is 2.62 bits per heavy atom. The number of methoxy groups -OCH3 is 1. The van der Waals surface area contributed by atoms with Crippen molar-refractivity contribution in [2.24, 2.45) is 5.92 Å². The van der Waals surface area contributed by atoms with E-state index in [1.165, 1.54) is 39.2 Å². The number of hydrogen-bond donors (Lipinski definition) is 1. The van der Waals surface area contributed by atoms with Crippen LogP contribution in [0.15, 0.2) is 0 Å². The molecule has 2 atom stereocenters. The average molecular weight is 292 g/mol. The summed E-state index contributed by atoms with van der Waals surface area (Å²) in [5.74, 6) is 0.564. The third-order valence-electron chi connectivity index (χ3n) is 3.43. The molecule has 0 radical (unpaired) electrons. The highest BCUT2D eigenvalue weighted by Crippen LogP contribution is 2.26. The van der Waals surface area contributed by atoms with Gasteiger partial charge in [-0.05, 0) is 25.7 Å². The van der Waals surface area contributed by atoms with Crippen LogP contribution in [-0.4, -0.2) is 30.5 Å². The maximum atomic E-state index is 11.2. The van der Waals surface area contributed by atoms with Gasteiger partial charge < -0.3 is 10.1 Å². The molecule has 0 aromatic rings. The van der Waals surface area contributed by atoms with E-state index in [-0.39, 0.29) is 10.8 Å². The lowest BCUT2D eigenvalue weighted by Gasteiger charge is -2.28. The van der Waals surface area contributed by atoms with Gasteiger partial charge in [0.2, 0.25) is 0 Å². The van der Waals surface area contributed by atoms with Crippen LogP contribution in [0.5, 0.6) is 0 Å². The molecule has 1 saturated carbocycles. The lowest BCUT2D eigenvalue weighted by molar-refractivity contribution is -0.139. The topological polar surface area (TPSA) is 38.3 Å². The molecule has 0 amide bonds. The van der Waals surface area contributed by atoms with Crippen LogP contribution in [0.25, 0.3) is 0 Å². The first-order valence-electron chi connectivity index (χ1n) is 6.10. The highest BCUT2D eigenvalue weighted by molar-refractivity contribution is 9.10. The summed E-state index contributed by atoms with van der Waals surface area (Å²) in [6.45, 7) is 2.86. The van der Waals surface area contributed by atoms with Crippen molar-refractivity contribution in [3.05, 3.63) is 0 Å². The van der Waals surface area contributed by atoms with E-state index in [1.807, 2.05) is 0 Å². The van der Waals surface area contributed by atoms with Crippen LogP contribution in [0, 0.1) is 5.92 Å². The first-order chi connectivity index (χ1) is 7.65. The Morgan fingerprint density at radius 1 is 1.44 bits per heavy atom. The van der Waals surface area contributed by atoms with E-state index in [2.05, 4.69) is 32.9 Å². The van der Waals surface area contributed by atoms with Gasteiger partial charge in [-0.25, -0.2) is 0 Å². The molecule has 3 nitrogen and oxygen atoms in total. The maximum Gasteiger partial charge on any atom is 0.320 e. The molecule has 1 unspecified atom stereocenters. The number of halogens is 1. The third-order valence-corrected chi connectivity index (χ3v) is 4.13. The Balaban J connectivity index is 2.23. The van der Waals surface area contributed by atoms with E-state index < -0.39 is 0 Å². The fraction of sp³-hybridized carbons (Fsp3) is 0.917. The normalized spacial score (nSPS) is 21.4. The minimum absolute atomic E-state index is 0.205. The quantitative estimate of drug-likeness (QED) is 0.625. The smallest absolute Gasteiger partial charge is 0.320 e. The first-order valence-corrected chi connectivity index (χ1v) is 7.02. The minimum Gasteiger partial charge on any atom is -0.468 e. The van der Waals surface area contributed by atoms with Crippen LogP contribution >= 0.6 is 15.9 Å². The Kier molecular flexibility index (Phi) is 6.36. The molecule has 0 heterocycles. The van der Waals surface area contributed by atoms with Crippen molar-refractivity contribution in [1.82, 2.24) is 5.32 Å².